The van der Waals surface area contributed by atoms with E-state index in [0.29, 0.717) is 22.7 Å². The van der Waals surface area contributed by atoms with Crippen LogP contribution in [-0.2, 0) is 26.0 Å². The maximum atomic E-state index is 13.9. The van der Waals surface area contributed by atoms with Gasteiger partial charge in [-0.3, -0.25) is 14.5 Å². The van der Waals surface area contributed by atoms with Crippen molar-refractivity contribution in [3.8, 4) is 0 Å². The lowest BCUT2D eigenvalue weighted by atomic mass is 9.99. The Balaban J connectivity index is 1.83. The second kappa shape index (κ2) is 9.21. The Labute approximate surface area is 206 Å². The number of hydrogen-bond acceptors (Lipinski definition) is 5. The Kier molecular flexibility index (Phi) is 6.60. The topological polar surface area (TPSA) is 104 Å². The molecule has 0 radical (unpaired) electrons. The van der Waals surface area contributed by atoms with Gasteiger partial charge in [-0.15, -0.1) is 0 Å². The molecule has 4 rings (SSSR count). The maximum Gasteiger partial charge on any atom is 0.265 e. The third kappa shape index (κ3) is 4.51. The summed E-state index contributed by atoms with van der Waals surface area (Å²) in [4.78, 5) is 28.5. The van der Waals surface area contributed by atoms with Crippen LogP contribution in [0.5, 0.6) is 0 Å². The lowest BCUT2D eigenvalue weighted by molar-refractivity contribution is -0.149. The molecule has 8 nitrogen and oxygen atoms in total. The summed E-state index contributed by atoms with van der Waals surface area (Å²) >= 11 is 5.96. The van der Waals surface area contributed by atoms with Gasteiger partial charge in [-0.25, -0.2) is 21.5 Å². The number of carbonyl (C=O) groups is 2. The molecule has 35 heavy (non-hydrogen) atoms. The molecule has 2 amide bonds. The van der Waals surface area contributed by atoms with Crippen LogP contribution in [0.1, 0.15) is 19.4 Å². The normalized spacial score (nSPS) is 20.9. The van der Waals surface area contributed by atoms with Crippen LogP contribution in [0.2, 0.25) is 5.02 Å². The number of nitrogens with two attached hydrogens (primary N) is 1. The average molecular weight is 525 g/mol. The fraction of sp³-hybridized carbons (Fsp3) is 0.304. The summed E-state index contributed by atoms with van der Waals surface area (Å²) in [5.41, 5.74) is 6.71. The molecule has 0 aliphatic carbocycles. The SMILES string of the molecule is CC(C)N1C=C2N(C(=O)C(N)CN2S(=O)(=O)c2ccc(F)c(F)c2)C(Cc2ccc(Cl)cc2)C1=O. The van der Waals surface area contributed by atoms with E-state index in [1.165, 1.54) is 11.1 Å². The van der Waals surface area contributed by atoms with Gasteiger partial charge in [0.25, 0.3) is 10.0 Å². The van der Waals surface area contributed by atoms with Crippen molar-refractivity contribution in [2.45, 2.75) is 43.3 Å². The van der Waals surface area contributed by atoms with E-state index in [2.05, 4.69) is 0 Å². The zero-order valence-electron chi connectivity index (χ0n) is 18.9. The van der Waals surface area contributed by atoms with Gasteiger partial charge in [0.2, 0.25) is 11.8 Å². The van der Waals surface area contributed by atoms with Crippen LogP contribution in [0.25, 0.3) is 0 Å². The summed E-state index contributed by atoms with van der Waals surface area (Å²) in [6.07, 6.45) is 1.36. The zero-order valence-corrected chi connectivity index (χ0v) is 20.4. The third-order valence-corrected chi connectivity index (χ3v) is 7.92. The second-order valence-corrected chi connectivity index (χ2v) is 10.9. The number of carbonyl (C=O) groups excluding carboxylic acids is 2. The number of fused-ring (bicyclic) bond motifs is 1. The van der Waals surface area contributed by atoms with E-state index in [0.717, 1.165) is 15.3 Å². The van der Waals surface area contributed by atoms with Gasteiger partial charge in [0.1, 0.15) is 17.9 Å². The zero-order chi connectivity index (χ0) is 25.7. The Hall–Kier alpha value is -3.02. The minimum Gasteiger partial charge on any atom is -0.318 e. The highest BCUT2D eigenvalue weighted by molar-refractivity contribution is 7.89. The summed E-state index contributed by atoms with van der Waals surface area (Å²) in [6.45, 7) is 3.05. The number of sulfonamides is 1. The van der Waals surface area contributed by atoms with Crippen molar-refractivity contribution in [3.05, 3.63) is 76.7 Å². The van der Waals surface area contributed by atoms with Crippen LogP contribution >= 0.6 is 11.6 Å². The molecule has 0 bridgehead atoms. The summed E-state index contributed by atoms with van der Waals surface area (Å²) in [5, 5.41) is 0.494. The van der Waals surface area contributed by atoms with Crippen LogP contribution in [0, 0.1) is 11.6 Å². The van der Waals surface area contributed by atoms with E-state index in [1.807, 2.05) is 0 Å². The summed E-state index contributed by atoms with van der Waals surface area (Å²) < 4.78 is 55.2. The van der Waals surface area contributed by atoms with Gasteiger partial charge in [0, 0.05) is 23.7 Å². The smallest absolute Gasteiger partial charge is 0.265 e. The number of rotatable bonds is 5. The van der Waals surface area contributed by atoms with Crippen molar-refractivity contribution in [2.75, 3.05) is 6.54 Å². The number of benzene rings is 2. The number of hydrogen-bond donors (Lipinski definition) is 1. The van der Waals surface area contributed by atoms with Gasteiger partial charge in [-0.1, -0.05) is 23.7 Å². The molecular weight excluding hydrogens is 502 g/mol. The molecule has 186 valence electrons. The largest absolute Gasteiger partial charge is 0.318 e. The van der Waals surface area contributed by atoms with E-state index in [9.17, 15) is 26.8 Å². The molecule has 2 aromatic carbocycles. The highest BCUT2D eigenvalue weighted by Crippen LogP contribution is 2.34. The van der Waals surface area contributed by atoms with Crippen LogP contribution in [0.3, 0.4) is 0 Å². The van der Waals surface area contributed by atoms with Gasteiger partial charge in [0.05, 0.1) is 11.4 Å². The Bertz CT molecular complexity index is 1320. The predicted molar refractivity (Wildman–Crippen MR) is 124 cm³/mol. The highest BCUT2D eigenvalue weighted by Gasteiger charge is 2.49. The first-order chi connectivity index (χ1) is 16.4. The average Bonchev–Trinajstić information content (AvgIpc) is 2.80. The summed E-state index contributed by atoms with van der Waals surface area (Å²) in [7, 11) is -4.47. The molecule has 1 fully saturated rings. The van der Waals surface area contributed by atoms with Crippen LogP contribution in [-0.4, -0.2) is 59.0 Å². The lowest BCUT2D eigenvalue weighted by Gasteiger charge is -2.48. The molecule has 2 aliphatic heterocycles. The van der Waals surface area contributed by atoms with E-state index in [-0.39, 0.29) is 18.3 Å². The van der Waals surface area contributed by atoms with E-state index >= 15 is 0 Å². The van der Waals surface area contributed by atoms with Crippen molar-refractivity contribution in [3.63, 3.8) is 0 Å². The first-order valence-corrected chi connectivity index (χ1v) is 12.6. The van der Waals surface area contributed by atoms with Gasteiger partial charge >= 0.3 is 0 Å². The van der Waals surface area contributed by atoms with Gasteiger partial charge in [-0.2, -0.15) is 0 Å². The fourth-order valence-electron chi connectivity index (χ4n) is 4.08. The maximum absolute atomic E-state index is 13.9. The van der Waals surface area contributed by atoms with Crippen LogP contribution in [0.15, 0.2) is 59.4 Å². The molecular formula is C23H23ClF2N4O4S. The summed E-state index contributed by atoms with van der Waals surface area (Å²) in [5.74, 6) is -3.66. The molecule has 2 heterocycles. The van der Waals surface area contributed by atoms with Crippen molar-refractivity contribution < 1.29 is 26.8 Å². The number of amides is 2. The molecule has 0 saturated carbocycles. The number of halogens is 3. The van der Waals surface area contributed by atoms with Crippen LogP contribution in [0.4, 0.5) is 8.78 Å². The molecule has 2 N–H and O–H groups in total. The summed E-state index contributed by atoms with van der Waals surface area (Å²) in [6, 6.07) is 6.18. The van der Waals surface area contributed by atoms with Crippen molar-refractivity contribution in [1.29, 1.82) is 0 Å². The van der Waals surface area contributed by atoms with E-state index in [4.69, 9.17) is 17.3 Å². The Morgan fingerprint density at radius 2 is 1.71 bits per heavy atom. The first-order valence-electron chi connectivity index (χ1n) is 10.8. The van der Waals surface area contributed by atoms with Gasteiger partial charge < -0.3 is 10.6 Å². The van der Waals surface area contributed by atoms with Crippen molar-refractivity contribution in [2.24, 2.45) is 5.73 Å². The monoisotopic (exact) mass is 524 g/mol. The molecule has 2 atom stereocenters. The molecule has 2 unspecified atom stereocenters. The Morgan fingerprint density at radius 1 is 1.06 bits per heavy atom. The number of nitrogens with zero attached hydrogens (tertiary/aromatic N) is 3. The van der Waals surface area contributed by atoms with E-state index in [1.54, 1.807) is 38.1 Å². The quantitative estimate of drug-likeness (QED) is 0.647. The highest BCUT2D eigenvalue weighted by atomic mass is 35.5. The molecule has 1 saturated heterocycles. The van der Waals surface area contributed by atoms with E-state index < -0.39 is 57.0 Å². The molecule has 2 aromatic rings. The third-order valence-electron chi connectivity index (χ3n) is 5.90. The van der Waals surface area contributed by atoms with Gasteiger partial charge in [0.15, 0.2) is 11.6 Å². The van der Waals surface area contributed by atoms with Crippen molar-refractivity contribution >= 4 is 33.4 Å². The minimum atomic E-state index is -4.47. The molecule has 2 aliphatic rings. The Morgan fingerprint density at radius 3 is 2.31 bits per heavy atom. The molecule has 12 heteroatoms. The minimum absolute atomic E-state index is 0.0775. The predicted octanol–water partition coefficient (Wildman–Crippen LogP) is 2.44. The molecule has 0 spiro atoms. The van der Waals surface area contributed by atoms with Crippen molar-refractivity contribution in [1.82, 2.24) is 14.1 Å². The standard InChI is InChI=1S/C23H23ClF2N4O4S/c1-13(2)28-12-21-29(35(33,34)16-7-8-17(25)18(26)10-16)11-19(27)22(31)30(21)20(23(28)32)9-14-3-5-15(24)6-4-14/h3-8,10,12-13,19-20H,9,11,27H2,1-2H3. The van der Waals surface area contributed by atoms with Gasteiger partial charge in [-0.05, 0) is 49.7 Å². The fourth-order valence-corrected chi connectivity index (χ4v) is 5.70. The molecule has 0 aromatic heterocycles. The first kappa shape index (κ1) is 25.1. The second-order valence-electron chi connectivity index (χ2n) is 8.60. The lowest BCUT2D eigenvalue weighted by Crippen LogP contribution is -2.66. The van der Waals surface area contributed by atoms with Crippen LogP contribution < -0.4 is 5.73 Å².